The summed E-state index contributed by atoms with van der Waals surface area (Å²) in [6.07, 6.45) is 1.52. The number of nitrogens with one attached hydrogen (secondary N) is 1. The number of nitrogens with zero attached hydrogens (tertiary/aromatic N) is 1. The molecule has 0 atom stereocenters. The molecule has 0 saturated carbocycles. The second-order valence-electron chi connectivity index (χ2n) is 3.12. The highest BCUT2D eigenvalue weighted by Gasteiger charge is 2.09. The van der Waals surface area contributed by atoms with Crippen molar-refractivity contribution in [3.8, 4) is 6.07 Å². The van der Waals surface area contributed by atoms with Gasteiger partial charge in [-0.05, 0) is 26.0 Å². The van der Waals surface area contributed by atoms with Crippen LogP contribution in [0.4, 0.5) is 0 Å². The molecule has 1 rings (SSSR count). The van der Waals surface area contributed by atoms with Gasteiger partial charge in [0.15, 0.2) is 0 Å². The summed E-state index contributed by atoms with van der Waals surface area (Å²) in [4.78, 5) is 11.2. The van der Waals surface area contributed by atoms with Crippen molar-refractivity contribution in [2.45, 2.75) is 13.8 Å². The normalized spacial score (nSPS) is 10.9. The highest BCUT2D eigenvalue weighted by Crippen LogP contribution is 2.16. The largest absolute Gasteiger partial charge is 0.466 e. The summed E-state index contributed by atoms with van der Waals surface area (Å²) in [6, 6.07) is 3.63. The summed E-state index contributed by atoms with van der Waals surface area (Å²) in [5.41, 5.74) is 0.828. The zero-order chi connectivity index (χ0) is 11.4. The lowest BCUT2D eigenvalue weighted by atomic mass is 10.1. The zero-order valence-electron chi connectivity index (χ0n) is 8.92. The first kappa shape index (κ1) is 11.1. The van der Waals surface area contributed by atoms with Crippen molar-refractivity contribution in [1.29, 1.82) is 5.26 Å². The third-order valence-corrected chi connectivity index (χ3v) is 1.97. The van der Waals surface area contributed by atoms with E-state index in [0.717, 1.165) is 11.3 Å². The monoisotopic (exact) mass is 204 g/mol. The zero-order valence-corrected chi connectivity index (χ0v) is 8.92. The summed E-state index contributed by atoms with van der Waals surface area (Å²) in [6.45, 7) is 3.61. The average Bonchev–Trinajstić information content (AvgIpc) is 2.52. The maximum absolute atomic E-state index is 11.2. The Morgan fingerprint density at radius 1 is 1.60 bits per heavy atom. The van der Waals surface area contributed by atoms with Gasteiger partial charge in [-0.3, -0.25) is 4.79 Å². The van der Waals surface area contributed by atoms with Crippen LogP contribution in [0.25, 0.3) is 6.08 Å². The van der Waals surface area contributed by atoms with Crippen LogP contribution in [-0.4, -0.2) is 13.0 Å². The summed E-state index contributed by atoms with van der Waals surface area (Å²) in [5.74, 6) is 1.06. The Hall–Kier alpha value is -2.02. The van der Waals surface area contributed by atoms with E-state index in [-0.39, 0.29) is 5.57 Å². The SMILES string of the molecule is CNC(=O)/C(C#N)=C\c1cc(C)oc1C. The molecular formula is C11H12N2O2. The van der Waals surface area contributed by atoms with E-state index in [1.807, 2.05) is 13.0 Å². The van der Waals surface area contributed by atoms with Gasteiger partial charge >= 0.3 is 0 Å². The number of furan rings is 1. The van der Waals surface area contributed by atoms with Crippen molar-refractivity contribution in [2.24, 2.45) is 0 Å². The molecule has 15 heavy (non-hydrogen) atoms. The maximum Gasteiger partial charge on any atom is 0.261 e. The number of hydrogen-bond donors (Lipinski definition) is 1. The molecule has 0 saturated heterocycles. The van der Waals surface area contributed by atoms with E-state index in [2.05, 4.69) is 5.32 Å². The Labute approximate surface area is 88.2 Å². The van der Waals surface area contributed by atoms with Gasteiger partial charge in [-0.15, -0.1) is 0 Å². The molecular weight excluding hydrogens is 192 g/mol. The number of amides is 1. The van der Waals surface area contributed by atoms with Gasteiger partial charge in [-0.25, -0.2) is 0 Å². The predicted octanol–water partition coefficient (Wildman–Crippen LogP) is 1.55. The number of carbonyl (C=O) groups excluding carboxylic acids is 1. The Bertz CT molecular complexity index is 450. The molecule has 4 heteroatoms. The van der Waals surface area contributed by atoms with Gasteiger partial charge in [0, 0.05) is 12.6 Å². The number of hydrogen-bond acceptors (Lipinski definition) is 3. The van der Waals surface area contributed by atoms with Crippen LogP contribution in [0.5, 0.6) is 0 Å². The fourth-order valence-corrected chi connectivity index (χ4v) is 1.23. The van der Waals surface area contributed by atoms with E-state index >= 15 is 0 Å². The van der Waals surface area contributed by atoms with Gasteiger partial charge in [0.05, 0.1) is 0 Å². The van der Waals surface area contributed by atoms with Crippen LogP contribution in [0.1, 0.15) is 17.1 Å². The van der Waals surface area contributed by atoms with Crippen LogP contribution in [0.15, 0.2) is 16.1 Å². The first-order valence-electron chi connectivity index (χ1n) is 4.49. The highest BCUT2D eigenvalue weighted by molar-refractivity contribution is 6.01. The first-order valence-corrected chi connectivity index (χ1v) is 4.49. The van der Waals surface area contributed by atoms with E-state index in [1.165, 1.54) is 13.1 Å². The molecule has 1 heterocycles. The van der Waals surface area contributed by atoms with Gasteiger partial charge in [0.25, 0.3) is 5.91 Å². The molecule has 1 aromatic rings. The smallest absolute Gasteiger partial charge is 0.261 e. The number of likely N-dealkylation sites (N-methyl/N-ethyl adjacent to an activating group) is 1. The number of aryl methyl sites for hydroxylation is 2. The number of nitriles is 1. The quantitative estimate of drug-likeness (QED) is 0.587. The standard InChI is InChI=1S/C11H12N2O2/c1-7-4-9(8(2)15-7)5-10(6-12)11(14)13-3/h4-5H,1-3H3,(H,13,14)/b10-5-. The Morgan fingerprint density at radius 3 is 2.67 bits per heavy atom. The average molecular weight is 204 g/mol. The van der Waals surface area contributed by atoms with Crippen LogP contribution < -0.4 is 5.32 Å². The van der Waals surface area contributed by atoms with Crippen molar-refractivity contribution in [2.75, 3.05) is 7.05 Å². The fourth-order valence-electron chi connectivity index (χ4n) is 1.23. The van der Waals surface area contributed by atoms with E-state index in [1.54, 1.807) is 13.0 Å². The summed E-state index contributed by atoms with van der Waals surface area (Å²) >= 11 is 0. The second kappa shape index (κ2) is 4.47. The van der Waals surface area contributed by atoms with E-state index in [0.29, 0.717) is 5.76 Å². The van der Waals surface area contributed by atoms with Crippen molar-refractivity contribution in [3.05, 3.63) is 28.7 Å². The summed E-state index contributed by atoms with van der Waals surface area (Å²) < 4.78 is 5.29. The minimum atomic E-state index is -0.393. The lowest BCUT2D eigenvalue weighted by Crippen LogP contribution is -2.19. The molecule has 4 nitrogen and oxygen atoms in total. The summed E-state index contributed by atoms with van der Waals surface area (Å²) in [7, 11) is 1.49. The lowest BCUT2D eigenvalue weighted by Gasteiger charge is -1.95. The van der Waals surface area contributed by atoms with Crippen molar-refractivity contribution >= 4 is 12.0 Å². The lowest BCUT2D eigenvalue weighted by molar-refractivity contribution is -0.116. The van der Waals surface area contributed by atoms with Gasteiger partial charge in [0.1, 0.15) is 23.2 Å². The van der Waals surface area contributed by atoms with Crippen molar-refractivity contribution in [1.82, 2.24) is 5.32 Å². The molecule has 0 radical (unpaired) electrons. The van der Waals surface area contributed by atoms with E-state index < -0.39 is 5.91 Å². The van der Waals surface area contributed by atoms with Crippen LogP contribution in [-0.2, 0) is 4.79 Å². The van der Waals surface area contributed by atoms with Gasteiger partial charge in [-0.1, -0.05) is 0 Å². The molecule has 0 aliphatic carbocycles. The fraction of sp³-hybridized carbons (Fsp3) is 0.273. The van der Waals surface area contributed by atoms with Crippen LogP contribution in [0, 0.1) is 25.2 Å². The topological polar surface area (TPSA) is 66.0 Å². The molecule has 78 valence electrons. The van der Waals surface area contributed by atoms with Crippen molar-refractivity contribution < 1.29 is 9.21 Å². The van der Waals surface area contributed by atoms with E-state index in [9.17, 15) is 4.79 Å². The van der Waals surface area contributed by atoms with Crippen LogP contribution in [0.3, 0.4) is 0 Å². The number of carbonyl (C=O) groups is 1. The molecule has 0 bridgehead atoms. The molecule has 1 amide bonds. The Kier molecular flexibility index (Phi) is 3.29. The van der Waals surface area contributed by atoms with Crippen molar-refractivity contribution in [3.63, 3.8) is 0 Å². The molecule has 1 aromatic heterocycles. The molecule has 0 aromatic carbocycles. The molecule has 0 fully saturated rings. The highest BCUT2D eigenvalue weighted by atomic mass is 16.3. The minimum Gasteiger partial charge on any atom is -0.466 e. The first-order chi connectivity index (χ1) is 7.08. The van der Waals surface area contributed by atoms with Gasteiger partial charge < -0.3 is 9.73 Å². The predicted molar refractivity (Wildman–Crippen MR) is 55.8 cm³/mol. The molecule has 1 N–H and O–H groups in total. The molecule has 0 aliphatic heterocycles. The van der Waals surface area contributed by atoms with Gasteiger partial charge in [-0.2, -0.15) is 5.26 Å². The number of rotatable bonds is 2. The van der Waals surface area contributed by atoms with E-state index in [4.69, 9.17) is 9.68 Å². The molecule has 0 aliphatic rings. The third kappa shape index (κ3) is 2.47. The van der Waals surface area contributed by atoms with Crippen LogP contribution in [0.2, 0.25) is 0 Å². The minimum absolute atomic E-state index is 0.0707. The Balaban J connectivity index is 3.10. The second-order valence-corrected chi connectivity index (χ2v) is 3.12. The molecule has 0 unspecified atom stereocenters. The molecule has 0 spiro atoms. The van der Waals surface area contributed by atoms with Gasteiger partial charge in [0.2, 0.25) is 0 Å². The maximum atomic E-state index is 11.2. The summed E-state index contributed by atoms with van der Waals surface area (Å²) in [5, 5.41) is 11.2. The third-order valence-electron chi connectivity index (χ3n) is 1.97. The Morgan fingerprint density at radius 2 is 2.27 bits per heavy atom. The van der Waals surface area contributed by atoms with Crippen LogP contribution >= 0.6 is 0 Å².